The number of aromatic hydroxyl groups is 1. The van der Waals surface area contributed by atoms with Crippen molar-refractivity contribution in [1.29, 1.82) is 0 Å². The third kappa shape index (κ3) is 2.96. The van der Waals surface area contributed by atoms with E-state index in [4.69, 9.17) is 5.11 Å². The summed E-state index contributed by atoms with van der Waals surface area (Å²) in [6.07, 6.45) is 0. The summed E-state index contributed by atoms with van der Waals surface area (Å²) < 4.78 is 13.2. The second kappa shape index (κ2) is 5.02. The fraction of sp³-hybridized carbons (Fsp3) is 0.538. The number of benzene rings is 1. The third-order valence-electron chi connectivity index (χ3n) is 3.46. The van der Waals surface area contributed by atoms with Crippen LogP contribution in [0.4, 0.5) is 4.39 Å². The Morgan fingerprint density at radius 1 is 1.41 bits per heavy atom. The highest BCUT2D eigenvalue weighted by Gasteiger charge is 2.20. The molecule has 94 valence electrons. The molecule has 2 rings (SSSR count). The van der Waals surface area contributed by atoms with Gasteiger partial charge in [0.05, 0.1) is 0 Å². The van der Waals surface area contributed by atoms with E-state index in [0.29, 0.717) is 6.04 Å². The lowest BCUT2D eigenvalue weighted by molar-refractivity contribution is 0.0999. The van der Waals surface area contributed by atoms with Gasteiger partial charge in [0.1, 0.15) is 0 Å². The largest absolute Gasteiger partial charge is 0.505 e. The van der Waals surface area contributed by atoms with Crippen molar-refractivity contribution >= 4 is 0 Å². The van der Waals surface area contributed by atoms with Crippen molar-refractivity contribution in [3.63, 3.8) is 0 Å². The van der Waals surface area contributed by atoms with E-state index in [-0.39, 0.29) is 5.75 Å². The molecule has 3 nitrogen and oxygen atoms in total. The van der Waals surface area contributed by atoms with Crippen LogP contribution < -0.4 is 0 Å². The second-order valence-corrected chi connectivity index (χ2v) is 4.85. The van der Waals surface area contributed by atoms with E-state index in [9.17, 15) is 4.39 Å². The monoisotopic (exact) mass is 238 g/mol. The molecule has 1 aromatic carbocycles. The molecule has 1 unspecified atom stereocenters. The van der Waals surface area contributed by atoms with Gasteiger partial charge in [-0.05, 0) is 31.7 Å². The molecular formula is C13H19FN2O. The average Bonchev–Trinajstić information content (AvgIpc) is 2.29. The minimum absolute atomic E-state index is 0.277. The van der Waals surface area contributed by atoms with Crippen LogP contribution in [0.5, 0.6) is 5.75 Å². The molecule has 0 amide bonds. The Hall–Kier alpha value is -1.13. The van der Waals surface area contributed by atoms with Crippen LogP contribution in [0.25, 0.3) is 0 Å². The number of rotatable bonds is 2. The topological polar surface area (TPSA) is 26.7 Å². The average molecular weight is 238 g/mol. The fourth-order valence-corrected chi connectivity index (χ4v) is 2.17. The summed E-state index contributed by atoms with van der Waals surface area (Å²) in [6, 6.07) is 5.15. The highest BCUT2D eigenvalue weighted by atomic mass is 19.1. The molecule has 17 heavy (non-hydrogen) atoms. The Balaban J connectivity index is 1.99. The van der Waals surface area contributed by atoms with Crippen LogP contribution >= 0.6 is 0 Å². The summed E-state index contributed by atoms with van der Waals surface area (Å²) in [5.41, 5.74) is 0.914. The Kier molecular flexibility index (Phi) is 3.64. The predicted octanol–water partition coefficient (Wildman–Crippen LogP) is 1.67. The van der Waals surface area contributed by atoms with Crippen LogP contribution in [0.2, 0.25) is 0 Å². The molecule has 0 saturated carbocycles. The van der Waals surface area contributed by atoms with Gasteiger partial charge in [0, 0.05) is 32.2 Å². The Morgan fingerprint density at radius 2 is 2.18 bits per heavy atom. The van der Waals surface area contributed by atoms with Crippen molar-refractivity contribution < 1.29 is 9.50 Å². The summed E-state index contributed by atoms with van der Waals surface area (Å²) in [5.74, 6) is -0.815. The summed E-state index contributed by atoms with van der Waals surface area (Å²) in [5, 5.41) is 9.13. The van der Waals surface area contributed by atoms with Crippen molar-refractivity contribution in [3.05, 3.63) is 29.6 Å². The SMILES string of the molecule is CC1CN(Cc2ccc(O)c(F)c2)CCN1C. The molecule has 0 bridgehead atoms. The minimum atomic E-state index is -0.537. The van der Waals surface area contributed by atoms with Gasteiger partial charge >= 0.3 is 0 Å². The van der Waals surface area contributed by atoms with E-state index in [1.54, 1.807) is 6.07 Å². The third-order valence-corrected chi connectivity index (χ3v) is 3.46. The Bertz CT molecular complexity index is 397. The number of nitrogens with zero attached hydrogens (tertiary/aromatic N) is 2. The summed E-state index contributed by atoms with van der Waals surface area (Å²) in [6.45, 7) is 5.99. The van der Waals surface area contributed by atoms with E-state index in [0.717, 1.165) is 31.7 Å². The normalized spacial score (nSPS) is 22.9. The molecule has 1 aromatic rings. The number of phenols is 1. The van der Waals surface area contributed by atoms with E-state index < -0.39 is 5.82 Å². The van der Waals surface area contributed by atoms with E-state index in [1.165, 1.54) is 12.1 Å². The maximum atomic E-state index is 13.2. The van der Waals surface area contributed by atoms with E-state index >= 15 is 0 Å². The second-order valence-electron chi connectivity index (χ2n) is 4.85. The van der Waals surface area contributed by atoms with Gasteiger partial charge in [-0.2, -0.15) is 0 Å². The molecule has 1 fully saturated rings. The maximum absolute atomic E-state index is 13.2. The standard InChI is InChI=1S/C13H19FN2O/c1-10-8-16(6-5-15(10)2)9-11-3-4-13(17)12(14)7-11/h3-4,7,10,17H,5-6,8-9H2,1-2H3. The highest BCUT2D eigenvalue weighted by Crippen LogP contribution is 2.18. The van der Waals surface area contributed by atoms with Crippen LogP contribution in [-0.2, 0) is 6.54 Å². The van der Waals surface area contributed by atoms with Crippen molar-refractivity contribution in [3.8, 4) is 5.75 Å². The zero-order chi connectivity index (χ0) is 12.4. The van der Waals surface area contributed by atoms with Crippen molar-refractivity contribution in [2.75, 3.05) is 26.7 Å². The van der Waals surface area contributed by atoms with Crippen LogP contribution in [0.3, 0.4) is 0 Å². The molecule has 1 saturated heterocycles. The van der Waals surface area contributed by atoms with Gasteiger partial charge < -0.3 is 10.0 Å². The van der Waals surface area contributed by atoms with Gasteiger partial charge in [-0.25, -0.2) is 4.39 Å². The lowest BCUT2D eigenvalue weighted by Crippen LogP contribution is -2.49. The van der Waals surface area contributed by atoms with Gasteiger partial charge in [0.25, 0.3) is 0 Å². The van der Waals surface area contributed by atoms with E-state index in [1.807, 2.05) is 0 Å². The quantitative estimate of drug-likeness (QED) is 0.849. The number of hydrogen-bond acceptors (Lipinski definition) is 3. The highest BCUT2D eigenvalue weighted by molar-refractivity contribution is 5.27. The van der Waals surface area contributed by atoms with Crippen LogP contribution in [0.1, 0.15) is 12.5 Å². The first-order valence-corrected chi connectivity index (χ1v) is 5.96. The summed E-state index contributed by atoms with van der Waals surface area (Å²) in [4.78, 5) is 4.64. The maximum Gasteiger partial charge on any atom is 0.165 e. The molecule has 1 aliphatic heterocycles. The van der Waals surface area contributed by atoms with Crippen LogP contribution in [0, 0.1) is 5.82 Å². The molecule has 0 spiro atoms. The Morgan fingerprint density at radius 3 is 2.82 bits per heavy atom. The Labute approximate surface area is 101 Å². The molecule has 1 heterocycles. The minimum Gasteiger partial charge on any atom is -0.505 e. The molecule has 1 N–H and O–H groups in total. The lowest BCUT2D eigenvalue weighted by Gasteiger charge is -2.37. The van der Waals surface area contributed by atoms with Gasteiger partial charge in [-0.1, -0.05) is 6.07 Å². The number of halogens is 1. The van der Waals surface area contributed by atoms with Crippen LogP contribution in [-0.4, -0.2) is 47.6 Å². The zero-order valence-electron chi connectivity index (χ0n) is 10.4. The zero-order valence-corrected chi connectivity index (χ0v) is 10.4. The lowest BCUT2D eigenvalue weighted by atomic mass is 10.1. The van der Waals surface area contributed by atoms with Gasteiger partial charge in [-0.15, -0.1) is 0 Å². The van der Waals surface area contributed by atoms with Gasteiger partial charge in [0.15, 0.2) is 11.6 Å². The molecule has 0 radical (unpaired) electrons. The van der Waals surface area contributed by atoms with Gasteiger partial charge in [-0.3, -0.25) is 4.90 Å². The smallest absolute Gasteiger partial charge is 0.165 e. The molecule has 0 aliphatic carbocycles. The number of piperazine rings is 1. The van der Waals surface area contributed by atoms with Crippen molar-refractivity contribution in [1.82, 2.24) is 9.80 Å². The molecule has 1 aliphatic rings. The number of hydrogen-bond donors (Lipinski definition) is 1. The number of likely N-dealkylation sites (N-methyl/N-ethyl adjacent to an activating group) is 1. The molecule has 0 aromatic heterocycles. The van der Waals surface area contributed by atoms with Crippen molar-refractivity contribution in [2.45, 2.75) is 19.5 Å². The van der Waals surface area contributed by atoms with E-state index in [2.05, 4.69) is 23.8 Å². The summed E-state index contributed by atoms with van der Waals surface area (Å²) in [7, 11) is 2.13. The van der Waals surface area contributed by atoms with Gasteiger partial charge in [0.2, 0.25) is 0 Å². The van der Waals surface area contributed by atoms with Crippen LogP contribution in [0.15, 0.2) is 18.2 Å². The first kappa shape index (κ1) is 12.3. The predicted molar refractivity (Wildman–Crippen MR) is 65.4 cm³/mol. The number of phenolic OH excluding ortho intramolecular Hbond substituents is 1. The molecule has 4 heteroatoms. The fourth-order valence-electron chi connectivity index (χ4n) is 2.17. The summed E-state index contributed by atoms with van der Waals surface area (Å²) >= 11 is 0. The van der Waals surface area contributed by atoms with Crippen molar-refractivity contribution in [2.24, 2.45) is 0 Å². The first-order valence-electron chi connectivity index (χ1n) is 5.96. The first-order chi connectivity index (χ1) is 8.06. The molecular weight excluding hydrogens is 219 g/mol. The molecule has 1 atom stereocenters.